The molecule has 1 unspecified atom stereocenters. The van der Waals surface area contributed by atoms with Gasteiger partial charge >= 0.3 is 0 Å². The van der Waals surface area contributed by atoms with Crippen LogP contribution in [0.3, 0.4) is 0 Å². The van der Waals surface area contributed by atoms with Gasteiger partial charge in [0.25, 0.3) is 11.6 Å². The van der Waals surface area contributed by atoms with Crippen molar-refractivity contribution in [3.05, 3.63) is 39.4 Å². The van der Waals surface area contributed by atoms with Gasteiger partial charge in [0, 0.05) is 31.4 Å². The Bertz CT molecular complexity index is 490. The molecule has 0 aliphatic heterocycles. The first-order valence-electron chi connectivity index (χ1n) is 6.16. The molecule has 0 saturated heterocycles. The van der Waals surface area contributed by atoms with Crippen molar-refractivity contribution in [1.29, 1.82) is 0 Å². The summed E-state index contributed by atoms with van der Waals surface area (Å²) < 4.78 is 4.77. The van der Waals surface area contributed by atoms with Crippen LogP contribution in [0.5, 0.6) is 0 Å². The number of carbonyl (C=O) groups excluding carboxylic acids is 1. The average molecular weight is 282 g/mol. The molecule has 0 aliphatic carbocycles. The molecule has 0 aromatic heterocycles. The van der Waals surface area contributed by atoms with Crippen molar-refractivity contribution < 1.29 is 19.6 Å². The number of nitrogens with one attached hydrogen (secondary N) is 1. The van der Waals surface area contributed by atoms with Gasteiger partial charge in [0.1, 0.15) is 0 Å². The Morgan fingerprint density at radius 1 is 1.55 bits per heavy atom. The summed E-state index contributed by atoms with van der Waals surface area (Å²) in [6, 6.07) is 4.07. The molecule has 1 atom stereocenters. The summed E-state index contributed by atoms with van der Waals surface area (Å²) in [5.74, 6) is -0.318. The molecule has 2 N–H and O–H groups in total. The summed E-state index contributed by atoms with van der Waals surface area (Å²) >= 11 is 0. The molecule has 0 spiro atoms. The molecule has 7 heteroatoms. The standard InChI is InChI=1S/C13H18N2O5/c1-9-7-10(15(18)19)3-4-12(9)13(17)14-6-5-11(16)8-20-2/h3-4,7,11,16H,5-6,8H2,1-2H3,(H,14,17). The van der Waals surface area contributed by atoms with Gasteiger partial charge in [0.05, 0.1) is 17.6 Å². The summed E-state index contributed by atoms with van der Waals surface area (Å²) in [6.07, 6.45) is -0.246. The van der Waals surface area contributed by atoms with Crippen molar-refractivity contribution in [2.75, 3.05) is 20.3 Å². The Morgan fingerprint density at radius 2 is 2.25 bits per heavy atom. The van der Waals surface area contributed by atoms with E-state index >= 15 is 0 Å². The molecule has 20 heavy (non-hydrogen) atoms. The van der Waals surface area contributed by atoms with Crippen LogP contribution < -0.4 is 5.32 Å². The normalized spacial score (nSPS) is 11.9. The second kappa shape index (κ2) is 7.56. The minimum absolute atomic E-state index is 0.0467. The van der Waals surface area contributed by atoms with Crippen molar-refractivity contribution in [3.63, 3.8) is 0 Å². The van der Waals surface area contributed by atoms with Crippen molar-refractivity contribution in [3.8, 4) is 0 Å². The first-order valence-corrected chi connectivity index (χ1v) is 6.16. The van der Waals surface area contributed by atoms with E-state index in [9.17, 15) is 20.0 Å². The van der Waals surface area contributed by atoms with Gasteiger partial charge in [0.2, 0.25) is 0 Å². The lowest BCUT2D eigenvalue weighted by atomic mass is 10.1. The quantitative estimate of drug-likeness (QED) is 0.574. The number of nitro groups is 1. The molecule has 1 rings (SSSR count). The Labute approximate surface area is 116 Å². The first kappa shape index (κ1) is 16.1. The number of amides is 1. The zero-order valence-electron chi connectivity index (χ0n) is 11.5. The zero-order valence-corrected chi connectivity index (χ0v) is 11.5. The monoisotopic (exact) mass is 282 g/mol. The first-order chi connectivity index (χ1) is 9.45. The van der Waals surface area contributed by atoms with Gasteiger partial charge in [-0.15, -0.1) is 0 Å². The van der Waals surface area contributed by atoms with Crippen LogP contribution >= 0.6 is 0 Å². The van der Waals surface area contributed by atoms with Crippen molar-refractivity contribution in [2.24, 2.45) is 0 Å². The number of methoxy groups -OCH3 is 1. The highest BCUT2D eigenvalue weighted by atomic mass is 16.6. The minimum Gasteiger partial charge on any atom is -0.391 e. The number of aryl methyl sites for hydroxylation is 1. The molecule has 7 nitrogen and oxygen atoms in total. The third-order valence-corrected chi connectivity index (χ3v) is 2.79. The van der Waals surface area contributed by atoms with E-state index < -0.39 is 11.0 Å². The number of benzene rings is 1. The van der Waals surface area contributed by atoms with Gasteiger partial charge < -0.3 is 15.2 Å². The molecular formula is C13H18N2O5. The van der Waals surface area contributed by atoms with E-state index in [4.69, 9.17) is 4.74 Å². The SMILES string of the molecule is COCC(O)CCNC(=O)c1ccc([N+](=O)[O-])cc1C. The molecule has 1 aromatic carbocycles. The Balaban J connectivity index is 2.58. The summed E-state index contributed by atoms with van der Waals surface area (Å²) in [5.41, 5.74) is 0.875. The summed E-state index contributed by atoms with van der Waals surface area (Å²) in [6.45, 7) is 2.16. The van der Waals surface area contributed by atoms with Gasteiger partial charge in [-0.2, -0.15) is 0 Å². The predicted molar refractivity (Wildman–Crippen MR) is 72.7 cm³/mol. The fourth-order valence-corrected chi connectivity index (χ4v) is 1.74. The Kier molecular flexibility index (Phi) is 6.08. The lowest BCUT2D eigenvalue weighted by Crippen LogP contribution is -2.29. The number of rotatable bonds is 7. The maximum absolute atomic E-state index is 11.9. The average Bonchev–Trinajstić information content (AvgIpc) is 2.38. The van der Waals surface area contributed by atoms with Gasteiger partial charge in [-0.25, -0.2) is 0 Å². The van der Waals surface area contributed by atoms with Crippen molar-refractivity contribution in [2.45, 2.75) is 19.4 Å². The van der Waals surface area contributed by atoms with E-state index in [2.05, 4.69) is 5.32 Å². The van der Waals surface area contributed by atoms with Crippen LogP contribution in [-0.2, 0) is 4.74 Å². The number of non-ortho nitro benzene ring substituents is 1. The van der Waals surface area contributed by atoms with Crippen LogP contribution in [0.1, 0.15) is 22.3 Å². The lowest BCUT2D eigenvalue weighted by molar-refractivity contribution is -0.384. The van der Waals surface area contributed by atoms with Gasteiger partial charge in [-0.1, -0.05) is 0 Å². The molecule has 0 fully saturated rings. The molecule has 0 bridgehead atoms. The highest BCUT2D eigenvalue weighted by Gasteiger charge is 2.13. The summed E-state index contributed by atoms with van der Waals surface area (Å²) in [7, 11) is 1.49. The number of nitrogens with zero attached hydrogens (tertiary/aromatic N) is 1. The largest absolute Gasteiger partial charge is 0.391 e. The number of hydrogen-bond acceptors (Lipinski definition) is 5. The zero-order chi connectivity index (χ0) is 15.1. The summed E-state index contributed by atoms with van der Waals surface area (Å²) in [5, 5.41) is 22.7. The molecule has 1 amide bonds. The Hall–Kier alpha value is -1.99. The van der Waals surface area contributed by atoms with Crippen LogP contribution in [0.2, 0.25) is 0 Å². The van der Waals surface area contributed by atoms with Gasteiger partial charge in [0.15, 0.2) is 0 Å². The highest BCUT2D eigenvalue weighted by Crippen LogP contribution is 2.16. The van der Waals surface area contributed by atoms with E-state index in [1.54, 1.807) is 6.92 Å². The number of aliphatic hydroxyl groups excluding tert-OH is 1. The van der Waals surface area contributed by atoms with Crippen LogP contribution in [0.25, 0.3) is 0 Å². The van der Waals surface area contributed by atoms with E-state index in [0.717, 1.165) is 0 Å². The van der Waals surface area contributed by atoms with Crippen LogP contribution in [0.4, 0.5) is 5.69 Å². The van der Waals surface area contributed by atoms with Crippen LogP contribution in [0.15, 0.2) is 18.2 Å². The van der Waals surface area contributed by atoms with Gasteiger partial charge in [-0.3, -0.25) is 14.9 Å². The fraction of sp³-hybridized carbons (Fsp3) is 0.462. The van der Waals surface area contributed by atoms with Crippen molar-refractivity contribution >= 4 is 11.6 Å². The minimum atomic E-state index is -0.627. The molecule has 0 saturated carbocycles. The van der Waals surface area contributed by atoms with Gasteiger partial charge in [-0.05, 0) is 25.0 Å². The van der Waals surface area contributed by atoms with Crippen molar-refractivity contribution in [1.82, 2.24) is 5.32 Å². The third kappa shape index (κ3) is 4.60. The number of ether oxygens (including phenoxy) is 1. The van der Waals surface area contributed by atoms with E-state index in [1.165, 1.54) is 25.3 Å². The molecule has 1 aromatic rings. The number of carbonyl (C=O) groups is 1. The molecule has 0 heterocycles. The second-order valence-corrected chi connectivity index (χ2v) is 4.41. The fourth-order valence-electron chi connectivity index (χ4n) is 1.74. The second-order valence-electron chi connectivity index (χ2n) is 4.41. The molecule has 0 aliphatic rings. The Morgan fingerprint density at radius 3 is 2.80 bits per heavy atom. The smallest absolute Gasteiger partial charge is 0.269 e. The highest BCUT2D eigenvalue weighted by molar-refractivity contribution is 5.95. The van der Waals surface area contributed by atoms with Crippen LogP contribution in [-0.4, -0.2) is 42.3 Å². The van der Waals surface area contributed by atoms with E-state index in [-0.39, 0.29) is 18.2 Å². The predicted octanol–water partition coefficient (Wildman–Crippen LogP) is 1.03. The number of aliphatic hydroxyl groups is 1. The lowest BCUT2D eigenvalue weighted by Gasteiger charge is -2.11. The number of hydrogen-bond donors (Lipinski definition) is 2. The molecule has 0 radical (unpaired) electrons. The topological polar surface area (TPSA) is 102 Å². The maximum Gasteiger partial charge on any atom is 0.269 e. The van der Waals surface area contributed by atoms with Crippen LogP contribution in [0, 0.1) is 17.0 Å². The maximum atomic E-state index is 11.9. The third-order valence-electron chi connectivity index (χ3n) is 2.79. The summed E-state index contributed by atoms with van der Waals surface area (Å²) in [4.78, 5) is 22.0. The molecular weight excluding hydrogens is 264 g/mol. The number of nitro benzene ring substituents is 1. The van der Waals surface area contributed by atoms with E-state index in [0.29, 0.717) is 24.1 Å². The van der Waals surface area contributed by atoms with E-state index in [1.807, 2.05) is 0 Å². The molecule has 110 valence electrons.